The number of fused-ring (bicyclic) bond motifs is 1. The van der Waals surface area contributed by atoms with Crippen LogP contribution in [0.15, 0.2) is 61.7 Å². The number of hydrogen-bond donors (Lipinski definition) is 1. The van der Waals surface area contributed by atoms with E-state index in [9.17, 15) is 0 Å². The molecule has 0 saturated heterocycles. The number of hydrogen-bond acceptors (Lipinski definition) is 2. The molecule has 3 heteroatoms. The van der Waals surface area contributed by atoms with E-state index in [4.69, 9.17) is 5.73 Å². The van der Waals surface area contributed by atoms with Gasteiger partial charge in [-0.2, -0.15) is 4.57 Å². The number of nitrogens with two attached hydrogens (primary N) is 1. The molecule has 0 aliphatic rings. The fraction of sp³-hybridized carbons (Fsp3) is 0.0556. The first-order valence-corrected chi connectivity index (χ1v) is 7.61. The highest BCUT2D eigenvalue weighted by Gasteiger charge is 2.21. The Balaban J connectivity index is 2.38. The van der Waals surface area contributed by atoms with Gasteiger partial charge in [-0.15, -0.1) is 0 Å². The van der Waals surface area contributed by atoms with Gasteiger partial charge in [-0.25, -0.2) is 0 Å². The summed E-state index contributed by atoms with van der Waals surface area (Å²) in [5.74, 6) is 0. The number of nitrogen functional groups attached to an aromatic ring is 1. The van der Waals surface area contributed by atoms with E-state index < -0.39 is 0 Å². The summed E-state index contributed by atoms with van der Waals surface area (Å²) >= 11 is 1.73. The van der Waals surface area contributed by atoms with Crippen molar-refractivity contribution >= 4 is 33.3 Å². The van der Waals surface area contributed by atoms with Gasteiger partial charge in [0.1, 0.15) is 4.70 Å². The van der Waals surface area contributed by atoms with E-state index in [1.54, 1.807) is 11.3 Å². The van der Waals surface area contributed by atoms with Crippen molar-refractivity contribution in [3.05, 3.63) is 66.7 Å². The van der Waals surface area contributed by atoms with Gasteiger partial charge in [0.2, 0.25) is 5.52 Å². The lowest BCUT2D eigenvalue weighted by atomic mass is 10.0. The molecular weight excluding hydrogens is 276 g/mol. The van der Waals surface area contributed by atoms with Crippen LogP contribution in [0.5, 0.6) is 0 Å². The minimum Gasteiger partial charge on any atom is -0.398 e. The Hall–Kier alpha value is -2.39. The Labute approximate surface area is 128 Å². The molecule has 0 amide bonds. The van der Waals surface area contributed by atoms with Crippen LogP contribution in [0, 0.1) is 0 Å². The van der Waals surface area contributed by atoms with Gasteiger partial charge < -0.3 is 5.73 Å². The molecule has 0 fully saturated rings. The van der Waals surface area contributed by atoms with Gasteiger partial charge in [0, 0.05) is 17.3 Å². The van der Waals surface area contributed by atoms with Crippen LogP contribution in [0.2, 0.25) is 0 Å². The first kappa shape index (κ1) is 13.6. The summed E-state index contributed by atoms with van der Waals surface area (Å²) in [4.78, 5) is 0. The maximum absolute atomic E-state index is 6.16. The maximum Gasteiger partial charge on any atom is 0.262 e. The van der Waals surface area contributed by atoms with Crippen LogP contribution in [0.3, 0.4) is 0 Å². The molecule has 0 aliphatic heterocycles. The van der Waals surface area contributed by atoms with Crippen molar-refractivity contribution in [3.63, 3.8) is 0 Å². The smallest absolute Gasteiger partial charge is 0.262 e. The molecule has 2 aromatic carbocycles. The molecule has 0 unspecified atom stereocenters. The predicted molar refractivity (Wildman–Crippen MR) is 92.2 cm³/mol. The number of thiazole rings is 1. The van der Waals surface area contributed by atoms with E-state index in [-0.39, 0.29) is 0 Å². The first-order chi connectivity index (χ1) is 10.3. The number of aromatic nitrogens is 1. The molecule has 2 nitrogen and oxygen atoms in total. The van der Waals surface area contributed by atoms with Crippen molar-refractivity contribution in [1.29, 1.82) is 0 Å². The molecule has 0 spiro atoms. The summed E-state index contributed by atoms with van der Waals surface area (Å²) < 4.78 is 3.47. The van der Waals surface area contributed by atoms with Crippen LogP contribution in [-0.2, 0) is 6.54 Å². The number of allylic oxidation sites excluding steroid dienone is 1. The Morgan fingerprint density at radius 1 is 1.05 bits per heavy atom. The lowest BCUT2D eigenvalue weighted by Gasteiger charge is -2.05. The van der Waals surface area contributed by atoms with Crippen molar-refractivity contribution in [2.45, 2.75) is 6.54 Å². The van der Waals surface area contributed by atoms with E-state index in [1.165, 1.54) is 10.2 Å². The van der Waals surface area contributed by atoms with Gasteiger partial charge in [-0.1, -0.05) is 48.8 Å². The molecule has 0 aliphatic carbocycles. The fourth-order valence-corrected chi connectivity index (χ4v) is 3.63. The van der Waals surface area contributed by atoms with E-state index >= 15 is 0 Å². The van der Waals surface area contributed by atoms with Crippen LogP contribution in [0.4, 0.5) is 5.69 Å². The summed E-state index contributed by atoms with van der Waals surface area (Å²) in [6.07, 6.45) is 3.80. The predicted octanol–water partition coefficient (Wildman–Crippen LogP) is 4.27. The maximum atomic E-state index is 6.16. The second-order valence-corrected chi connectivity index (χ2v) is 5.85. The molecule has 3 rings (SSSR count). The SMILES string of the molecule is C=CC[n+]1c(C=C)sc2cccc(-c3ccccc3N)c21. The largest absolute Gasteiger partial charge is 0.398 e. The number of nitrogens with zero attached hydrogens (tertiary/aromatic N) is 1. The van der Waals surface area contributed by atoms with Gasteiger partial charge in [-0.3, -0.25) is 0 Å². The third-order valence-corrected chi connectivity index (χ3v) is 4.63. The topological polar surface area (TPSA) is 29.9 Å². The van der Waals surface area contributed by atoms with Gasteiger partial charge in [0.15, 0.2) is 6.54 Å². The molecule has 0 saturated carbocycles. The Bertz CT molecular complexity index is 830. The Morgan fingerprint density at radius 2 is 1.81 bits per heavy atom. The van der Waals surface area contributed by atoms with E-state index in [1.807, 2.05) is 30.4 Å². The molecule has 0 atom stereocenters. The van der Waals surface area contributed by atoms with Crippen molar-refractivity contribution < 1.29 is 4.57 Å². The van der Waals surface area contributed by atoms with Crippen LogP contribution < -0.4 is 10.3 Å². The van der Waals surface area contributed by atoms with Gasteiger partial charge in [-0.05, 0) is 24.3 Å². The second kappa shape index (κ2) is 5.54. The average molecular weight is 293 g/mol. The summed E-state index contributed by atoms with van der Waals surface area (Å²) in [7, 11) is 0. The zero-order valence-electron chi connectivity index (χ0n) is 11.8. The lowest BCUT2D eigenvalue weighted by Crippen LogP contribution is -2.34. The lowest BCUT2D eigenvalue weighted by molar-refractivity contribution is -0.657. The zero-order chi connectivity index (χ0) is 14.8. The van der Waals surface area contributed by atoms with Crippen LogP contribution in [0.1, 0.15) is 5.01 Å². The zero-order valence-corrected chi connectivity index (χ0v) is 12.6. The highest BCUT2D eigenvalue weighted by molar-refractivity contribution is 7.18. The van der Waals surface area contributed by atoms with E-state index in [0.717, 1.165) is 28.4 Å². The van der Waals surface area contributed by atoms with Crippen molar-refractivity contribution in [1.82, 2.24) is 0 Å². The molecule has 0 bridgehead atoms. The number of anilines is 1. The molecular formula is C18H17N2S+. The highest BCUT2D eigenvalue weighted by Crippen LogP contribution is 2.33. The van der Waals surface area contributed by atoms with Crippen molar-refractivity contribution in [3.8, 4) is 11.1 Å². The quantitative estimate of drug-likeness (QED) is 0.434. The third-order valence-electron chi connectivity index (χ3n) is 3.49. The minimum atomic E-state index is 0.755. The van der Waals surface area contributed by atoms with E-state index in [2.05, 4.69) is 42.0 Å². The van der Waals surface area contributed by atoms with E-state index in [0.29, 0.717) is 0 Å². The summed E-state index contributed by atoms with van der Waals surface area (Å²) in [6.45, 7) is 8.54. The second-order valence-electron chi connectivity index (χ2n) is 4.78. The summed E-state index contributed by atoms with van der Waals surface area (Å²) in [5, 5.41) is 1.13. The average Bonchev–Trinajstić information content (AvgIpc) is 2.86. The highest BCUT2D eigenvalue weighted by atomic mass is 32.1. The first-order valence-electron chi connectivity index (χ1n) is 6.80. The number of para-hydroxylation sites is 2. The summed E-state index contributed by atoms with van der Waals surface area (Å²) in [6, 6.07) is 14.3. The Kier molecular flexibility index (Phi) is 3.59. The van der Waals surface area contributed by atoms with Crippen molar-refractivity contribution in [2.75, 3.05) is 5.73 Å². The minimum absolute atomic E-state index is 0.755. The molecule has 0 radical (unpaired) electrons. The molecule has 1 aromatic heterocycles. The normalized spacial score (nSPS) is 10.7. The summed E-state index contributed by atoms with van der Waals surface area (Å²) in [5.41, 5.74) is 10.4. The van der Waals surface area contributed by atoms with Gasteiger partial charge in [0.25, 0.3) is 5.01 Å². The standard InChI is InChI=1S/C18H17N2S/c1-3-12-20-17(4-2)21-16-11-7-9-14(18(16)20)13-8-5-6-10-15(13)19/h3-11H,1-2,12,19H2/q+1. The molecule has 2 N–H and O–H groups in total. The monoisotopic (exact) mass is 293 g/mol. The van der Waals surface area contributed by atoms with Crippen LogP contribution in [-0.4, -0.2) is 0 Å². The van der Waals surface area contributed by atoms with Crippen molar-refractivity contribution in [2.24, 2.45) is 0 Å². The number of benzene rings is 2. The van der Waals surface area contributed by atoms with Crippen LogP contribution >= 0.6 is 11.3 Å². The third kappa shape index (κ3) is 2.26. The number of rotatable bonds is 4. The fourth-order valence-electron chi connectivity index (χ4n) is 2.58. The molecule has 104 valence electrons. The van der Waals surface area contributed by atoms with Gasteiger partial charge in [0.05, 0.1) is 5.56 Å². The van der Waals surface area contributed by atoms with Crippen LogP contribution in [0.25, 0.3) is 27.4 Å². The van der Waals surface area contributed by atoms with Gasteiger partial charge >= 0.3 is 0 Å². The molecule has 1 heterocycles. The molecule has 21 heavy (non-hydrogen) atoms. The Morgan fingerprint density at radius 3 is 2.52 bits per heavy atom. The molecule has 3 aromatic rings.